The number of carbonyl (C=O) groups is 2. The Kier molecular flexibility index (Phi) is 5.81. The fourth-order valence-electron chi connectivity index (χ4n) is 4.27. The molecule has 0 spiro atoms. The largest absolute Gasteiger partial charge is 0.480 e. The smallest absolute Gasteiger partial charge is 0.416 e. The van der Waals surface area contributed by atoms with Crippen LogP contribution in [0.3, 0.4) is 0 Å². The molecule has 1 atom stereocenters. The van der Waals surface area contributed by atoms with Crippen LogP contribution in [-0.4, -0.2) is 58.9 Å². The van der Waals surface area contributed by atoms with Gasteiger partial charge in [-0.3, -0.25) is 14.5 Å². The summed E-state index contributed by atoms with van der Waals surface area (Å²) in [6.07, 6.45) is -0.682. The summed E-state index contributed by atoms with van der Waals surface area (Å²) in [4.78, 5) is 46.2. The van der Waals surface area contributed by atoms with E-state index in [0.29, 0.717) is 53.4 Å². The van der Waals surface area contributed by atoms with E-state index in [1.165, 1.54) is 15.5 Å². The van der Waals surface area contributed by atoms with Crippen molar-refractivity contribution >= 4 is 34.7 Å². The third-order valence-electron chi connectivity index (χ3n) is 5.98. The number of hydrogen-bond acceptors (Lipinski definition) is 8. The lowest BCUT2D eigenvalue weighted by Crippen LogP contribution is -2.32. The van der Waals surface area contributed by atoms with E-state index in [-0.39, 0.29) is 30.4 Å². The van der Waals surface area contributed by atoms with Gasteiger partial charge < -0.3 is 24.7 Å². The van der Waals surface area contributed by atoms with Crippen LogP contribution in [0.2, 0.25) is 0 Å². The quantitative estimate of drug-likeness (QED) is 0.503. The minimum absolute atomic E-state index is 0.0807. The number of ether oxygens (including phenoxy) is 2. The van der Waals surface area contributed by atoms with Crippen LogP contribution in [0.5, 0.6) is 5.75 Å². The van der Waals surface area contributed by atoms with Crippen LogP contribution in [0.4, 0.5) is 20.8 Å². The third kappa shape index (κ3) is 4.28. The average molecular weight is 482 g/mol. The first-order valence-electron chi connectivity index (χ1n) is 11.1. The number of benzene rings is 1. The van der Waals surface area contributed by atoms with Gasteiger partial charge in [-0.15, -0.1) is 0 Å². The molecule has 0 radical (unpaired) electrons. The summed E-state index contributed by atoms with van der Waals surface area (Å²) in [5, 5.41) is 5.80. The molecule has 0 bridgehead atoms. The summed E-state index contributed by atoms with van der Waals surface area (Å²) in [6.45, 7) is 2.54. The number of aromatic nitrogens is 3. The molecule has 2 amide bonds. The molecule has 11 nitrogen and oxygen atoms in total. The van der Waals surface area contributed by atoms with Crippen molar-refractivity contribution in [3.63, 3.8) is 0 Å². The summed E-state index contributed by atoms with van der Waals surface area (Å²) in [6, 6.07) is 6.17. The standard InChI is InChI=1S/C23H23FN6O5/c1-12-22(32)29(2)20-14(15(24)3-4-16(20)26-12)7-8-25-9-13-10-30(23(33)35-13)18-6-5-17-21(27-18)28-19(31)11-34-17/h3-6,13,25H,7-11H2,1-2H3,(H,27,28,31)/t13-/m0/s1. The average Bonchev–Trinajstić information content (AvgIpc) is 3.21. The van der Waals surface area contributed by atoms with Gasteiger partial charge in [0.15, 0.2) is 18.2 Å². The second kappa shape index (κ2) is 8.95. The Bertz CT molecular complexity index is 1410. The summed E-state index contributed by atoms with van der Waals surface area (Å²) >= 11 is 0. The highest BCUT2D eigenvalue weighted by Crippen LogP contribution is 2.30. The summed E-state index contributed by atoms with van der Waals surface area (Å²) in [5.74, 6) is 0.297. The lowest BCUT2D eigenvalue weighted by Gasteiger charge is -2.19. The van der Waals surface area contributed by atoms with Gasteiger partial charge in [-0.2, -0.15) is 0 Å². The molecule has 5 rings (SSSR count). The second-order valence-corrected chi connectivity index (χ2v) is 8.38. The molecule has 2 aliphatic heterocycles. The number of halogens is 1. The molecule has 182 valence electrons. The molecule has 1 fully saturated rings. The van der Waals surface area contributed by atoms with Crippen molar-refractivity contribution in [1.82, 2.24) is 19.9 Å². The number of amides is 2. The number of carbonyl (C=O) groups excluding carboxylic acids is 2. The van der Waals surface area contributed by atoms with Crippen molar-refractivity contribution in [1.29, 1.82) is 0 Å². The number of anilines is 2. The van der Waals surface area contributed by atoms with Crippen LogP contribution in [0, 0.1) is 12.7 Å². The number of nitrogens with one attached hydrogen (secondary N) is 2. The predicted octanol–water partition coefficient (Wildman–Crippen LogP) is 1.26. The Morgan fingerprint density at radius 2 is 2.03 bits per heavy atom. The van der Waals surface area contributed by atoms with Crippen LogP contribution in [0.1, 0.15) is 11.3 Å². The van der Waals surface area contributed by atoms with Crippen LogP contribution in [0.15, 0.2) is 29.1 Å². The first kappa shape index (κ1) is 22.7. The van der Waals surface area contributed by atoms with Gasteiger partial charge in [-0.25, -0.2) is 19.2 Å². The molecule has 4 heterocycles. The maximum atomic E-state index is 14.6. The van der Waals surface area contributed by atoms with Gasteiger partial charge in [0.25, 0.3) is 11.5 Å². The lowest BCUT2D eigenvalue weighted by molar-refractivity contribution is -0.118. The molecule has 2 N–H and O–H groups in total. The molecule has 1 aromatic carbocycles. The highest BCUT2D eigenvalue weighted by atomic mass is 19.1. The van der Waals surface area contributed by atoms with E-state index in [1.807, 2.05) is 0 Å². The molecule has 1 saturated heterocycles. The normalized spacial score (nSPS) is 17.2. The second-order valence-electron chi connectivity index (χ2n) is 8.38. The Balaban J connectivity index is 1.22. The highest BCUT2D eigenvalue weighted by Gasteiger charge is 2.33. The summed E-state index contributed by atoms with van der Waals surface area (Å²) in [5.41, 5.74) is 1.51. The SMILES string of the molecule is Cc1nc2ccc(F)c(CCNC[C@H]3CN(c4ccc5c(n4)NC(=O)CO5)C(=O)O3)c2n(C)c1=O. The Morgan fingerprint density at radius 1 is 1.20 bits per heavy atom. The monoisotopic (exact) mass is 482 g/mol. The van der Waals surface area contributed by atoms with E-state index >= 15 is 0 Å². The Hall–Kier alpha value is -4.06. The number of aryl methyl sites for hydroxylation is 2. The van der Waals surface area contributed by atoms with Gasteiger partial charge in [-0.05, 0) is 44.2 Å². The number of hydrogen-bond donors (Lipinski definition) is 2. The van der Waals surface area contributed by atoms with Gasteiger partial charge in [0, 0.05) is 19.2 Å². The van der Waals surface area contributed by atoms with Crippen molar-refractivity contribution in [3.05, 3.63) is 51.7 Å². The van der Waals surface area contributed by atoms with Crippen molar-refractivity contribution in [3.8, 4) is 5.75 Å². The van der Waals surface area contributed by atoms with Crippen molar-refractivity contribution in [2.45, 2.75) is 19.4 Å². The topological polar surface area (TPSA) is 128 Å². The molecule has 0 unspecified atom stereocenters. The number of cyclic esters (lactones) is 1. The van der Waals surface area contributed by atoms with E-state index in [0.717, 1.165) is 0 Å². The highest BCUT2D eigenvalue weighted by molar-refractivity contribution is 5.95. The minimum atomic E-state index is -0.552. The molecule has 3 aromatic rings. The van der Waals surface area contributed by atoms with Crippen LogP contribution in [-0.2, 0) is 23.0 Å². The number of rotatable bonds is 6. The van der Waals surface area contributed by atoms with Gasteiger partial charge in [0.2, 0.25) is 0 Å². The first-order chi connectivity index (χ1) is 16.8. The molecular formula is C23H23FN6O5. The maximum absolute atomic E-state index is 14.6. The van der Waals surface area contributed by atoms with Crippen LogP contribution in [0.25, 0.3) is 11.0 Å². The molecule has 2 aromatic heterocycles. The molecule has 2 aliphatic rings. The molecule has 0 saturated carbocycles. The number of nitrogens with zero attached hydrogens (tertiary/aromatic N) is 4. The van der Waals surface area contributed by atoms with E-state index in [9.17, 15) is 18.8 Å². The van der Waals surface area contributed by atoms with E-state index in [1.54, 1.807) is 32.2 Å². The molecular weight excluding hydrogens is 459 g/mol. The lowest BCUT2D eigenvalue weighted by atomic mass is 10.1. The van der Waals surface area contributed by atoms with Crippen molar-refractivity contribution < 1.29 is 23.5 Å². The molecule has 12 heteroatoms. The number of pyridine rings is 1. The predicted molar refractivity (Wildman–Crippen MR) is 124 cm³/mol. The number of fused-ring (bicyclic) bond motifs is 2. The fourth-order valence-corrected chi connectivity index (χ4v) is 4.27. The van der Waals surface area contributed by atoms with Gasteiger partial charge >= 0.3 is 6.09 Å². The van der Waals surface area contributed by atoms with E-state index < -0.39 is 18.0 Å². The van der Waals surface area contributed by atoms with Gasteiger partial charge in [0.05, 0.1) is 17.6 Å². The summed E-state index contributed by atoms with van der Waals surface area (Å²) in [7, 11) is 1.61. The molecule has 35 heavy (non-hydrogen) atoms. The van der Waals surface area contributed by atoms with Crippen molar-refractivity contribution in [2.75, 3.05) is 36.5 Å². The maximum Gasteiger partial charge on any atom is 0.416 e. The zero-order chi connectivity index (χ0) is 24.7. The minimum Gasteiger partial charge on any atom is -0.480 e. The van der Waals surface area contributed by atoms with E-state index in [2.05, 4.69) is 20.6 Å². The van der Waals surface area contributed by atoms with Gasteiger partial charge in [-0.1, -0.05) is 0 Å². The van der Waals surface area contributed by atoms with Crippen LogP contribution < -0.4 is 25.8 Å². The zero-order valence-corrected chi connectivity index (χ0v) is 19.1. The fraction of sp³-hybridized carbons (Fsp3) is 0.348. The third-order valence-corrected chi connectivity index (χ3v) is 5.98. The molecule has 0 aliphatic carbocycles. The Labute approximate surface area is 198 Å². The Morgan fingerprint density at radius 3 is 2.86 bits per heavy atom. The van der Waals surface area contributed by atoms with Gasteiger partial charge in [0.1, 0.15) is 23.4 Å². The zero-order valence-electron chi connectivity index (χ0n) is 19.1. The van der Waals surface area contributed by atoms with E-state index in [4.69, 9.17) is 9.47 Å². The first-order valence-corrected chi connectivity index (χ1v) is 11.1. The van der Waals surface area contributed by atoms with Crippen LogP contribution >= 0.6 is 0 Å². The summed E-state index contributed by atoms with van der Waals surface area (Å²) < 4.78 is 26.7. The van der Waals surface area contributed by atoms with Crippen molar-refractivity contribution in [2.24, 2.45) is 7.05 Å².